The Balaban J connectivity index is 1.40. The predicted molar refractivity (Wildman–Crippen MR) is 121 cm³/mol. The number of nitrogens with zero attached hydrogens (tertiary/aromatic N) is 3. The molecule has 3 aliphatic carbocycles. The maximum absolute atomic E-state index is 13.4. The van der Waals surface area contributed by atoms with E-state index in [2.05, 4.69) is 15.5 Å². The molecule has 3 fully saturated rings. The number of hydrogen-bond acceptors (Lipinski definition) is 9. The lowest BCUT2D eigenvalue weighted by molar-refractivity contribution is -0.118. The molecule has 0 aliphatic heterocycles. The summed E-state index contributed by atoms with van der Waals surface area (Å²) in [5.41, 5.74) is 11.8. The number of rotatable bonds is 8. The molecule has 2 heterocycles. The molecule has 5 N–H and O–H groups in total. The molecule has 2 bridgehead atoms. The summed E-state index contributed by atoms with van der Waals surface area (Å²) in [6, 6.07) is 5.78. The van der Waals surface area contributed by atoms with Crippen molar-refractivity contribution in [1.82, 2.24) is 15.5 Å². The van der Waals surface area contributed by atoms with Crippen LogP contribution < -0.4 is 21.7 Å². The first-order chi connectivity index (χ1) is 16.2. The van der Waals surface area contributed by atoms with Gasteiger partial charge in [-0.25, -0.2) is 9.37 Å². The number of nitrogen functional groups attached to an aromatic ring is 1. The first-order valence-electron chi connectivity index (χ1n) is 10.6. The van der Waals surface area contributed by atoms with Crippen molar-refractivity contribution >= 4 is 45.6 Å². The summed E-state index contributed by atoms with van der Waals surface area (Å²) in [6.45, 7) is 1.55. The van der Waals surface area contributed by atoms with Crippen molar-refractivity contribution in [3.63, 3.8) is 0 Å². The molecule has 3 saturated carbocycles. The highest BCUT2D eigenvalue weighted by Gasteiger charge is 2.57. The number of thiazole rings is 1. The number of benzene rings is 1. The van der Waals surface area contributed by atoms with Gasteiger partial charge >= 0.3 is 0 Å². The van der Waals surface area contributed by atoms with Gasteiger partial charge in [-0.1, -0.05) is 16.5 Å². The van der Waals surface area contributed by atoms with Gasteiger partial charge in [0, 0.05) is 17.3 Å². The van der Waals surface area contributed by atoms with Crippen LogP contribution in [0, 0.1) is 11.7 Å². The summed E-state index contributed by atoms with van der Waals surface area (Å²) in [4.78, 5) is 43.2. The summed E-state index contributed by atoms with van der Waals surface area (Å²) in [7, 11) is 0. The number of primary amides is 1. The van der Waals surface area contributed by atoms with Crippen LogP contribution in [0.15, 0.2) is 34.9 Å². The van der Waals surface area contributed by atoms with Gasteiger partial charge < -0.3 is 26.2 Å². The van der Waals surface area contributed by atoms with Crippen LogP contribution in [0.1, 0.15) is 52.1 Å². The van der Waals surface area contributed by atoms with Gasteiger partial charge in [0.2, 0.25) is 17.5 Å². The lowest BCUT2D eigenvalue weighted by atomic mass is 9.50. The first kappa shape index (κ1) is 22.0. The van der Waals surface area contributed by atoms with E-state index in [1.807, 2.05) is 0 Å². The average molecular weight is 485 g/mol. The molecule has 3 aliphatic rings. The van der Waals surface area contributed by atoms with Crippen LogP contribution in [0.25, 0.3) is 0 Å². The molecule has 2 amide bonds. The van der Waals surface area contributed by atoms with Crippen molar-refractivity contribution in [3.8, 4) is 0 Å². The van der Waals surface area contributed by atoms with E-state index >= 15 is 0 Å². The molecule has 6 rings (SSSR count). The number of carbonyl (C=O) groups is 3. The molecule has 1 aromatic carbocycles. The smallest absolute Gasteiger partial charge is 0.273 e. The van der Waals surface area contributed by atoms with Crippen LogP contribution in [0.5, 0.6) is 0 Å². The lowest BCUT2D eigenvalue weighted by Gasteiger charge is -2.61. The summed E-state index contributed by atoms with van der Waals surface area (Å²) < 4.78 is 18.5. The van der Waals surface area contributed by atoms with Crippen molar-refractivity contribution in [1.29, 1.82) is 0 Å². The van der Waals surface area contributed by atoms with E-state index in [1.54, 1.807) is 6.92 Å². The van der Waals surface area contributed by atoms with E-state index in [9.17, 15) is 18.8 Å². The van der Waals surface area contributed by atoms with Crippen LogP contribution in [0.2, 0.25) is 0 Å². The van der Waals surface area contributed by atoms with E-state index in [1.165, 1.54) is 35.2 Å². The zero-order valence-corrected chi connectivity index (χ0v) is 18.9. The monoisotopic (exact) mass is 484 g/mol. The molecule has 3 aromatic rings. The van der Waals surface area contributed by atoms with Crippen LogP contribution in [-0.4, -0.2) is 39.3 Å². The second kappa shape index (κ2) is 7.90. The molecule has 34 heavy (non-hydrogen) atoms. The van der Waals surface area contributed by atoms with E-state index < -0.39 is 29.5 Å². The van der Waals surface area contributed by atoms with E-state index in [4.69, 9.17) is 16.0 Å². The Morgan fingerprint density at radius 3 is 2.53 bits per heavy atom. The second-order valence-electron chi connectivity index (χ2n) is 8.75. The third kappa shape index (κ3) is 3.69. The third-order valence-corrected chi connectivity index (χ3v) is 7.41. The Morgan fingerprint density at radius 1 is 1.26 bits per heavy atom. The number of aromatic nitrogens is 2. The molecule has 1 atom stereocenters. The maximum Gasteiger partial charge on any atom is 0.273 e. The van der Waals surface area contributed by atoms with Gasteiger partial charge in [0.15, 0.2) is 10.8 Å². The average Bonchev–Trinajstić information content (AvgIpc) is 3.38. The topological polar surface area (TPSA) is 157 Å². The Hall–Kier alpha value is -3.80. The molecule has 10 nitrogen and oxygen atoms in total. The highest BCUT2D eigenvalue weighted by molar-refractivity contribution is 7.18. The quantitative estimate of drug-likeness (QED) is 0.411. The molecule has 176 valence electrons. The molecule has 2 aromatic heterocycles. The third-order valence-electron chi connectivity index (χ3n) is 6.34. The predicted octanol–water partition coefficient (Wildman–Crippen LogP) is 2.38. The van der Waals surface area contributed by atoms with E-state index in [0.717, 1.165) is 30.6 Å². The van der Waals surface area contributed by atoms with Gasteiger partial charge in [-0.3, -0.25) is 14.4 Å². The van der Waals surface area contributed by atoms with Crippen molar-refractivity contribution in [2.24, 2.45) is 11.7 Å². The summed E-state index contributed by atoms with van der Waals surface area (Å²) in [5, 5.41) is 6.90. The van der Waals surface area contributed by atoms with Crippen molar-refractivity contribution in [2.75, 3.05) is 10.6 Å². The number of anilines is 3. The molecule has 0 unspecified atom stereocenters. The standard InChI is InChI=1S/C22H21FN6O4S/c1-10(19(25)31)29(13-4-2-12(23)3-5-13)21-26-18(24)17(34-21)16(30)15-6-14(28-33-15)20(32)27-22-7-11(8-22)9-22/h2-6,10-11H,7-9,24H2,1H3,(H2,25,31)(H,27,32)/t10-,11?,22?/m1/s1. The summed E-state index contributed by atoms with van der Waals surface area (Å²) in [6.07, 6.45) is 2.91. The molecule has 12 heteroatoms. The van der Waals surface area contributed by atoms with Crippen molar-refractivity contribution in [2.45, 2.75) is 37.8 Å². The van der Waals surface area contributed by atoms with E-state index in [-0.39, 0.29) is 32.8 Å². The highest BCUT2D eigenvalue weighted by atomic mass is 32.1. The minimum Gasteiger partial charge on any atom is -0.382 e. The molecular formula is C22H21FN6O4S. The zero-order valence-electron chi connectivity index (χ0n) is 18.1. The largest absolute Gasteiger partial charge is 0.382 e. The van der Waals surface area contributed by atoms with Crippen molar-refractivity contribution < 1.29 is 23.3 Å². The number of hydrogen-bond donors (Lipinski definition) is 3. The minimum absolute atomic E-state index is 0.00618. The number of carbonyl (C=O) groups excluding carboxylic acids is 3. The minimum atomic E-state index is -0.864. The summed E-state index contributed by atoms with van der Waals surface area (Å²) >= 11 is 0.913. The Morgan fingerprint density at radius 2 is 1.94 bits per heavy atom. The lowest BCUT2D eigenvalue weighted by Crippen LogP contribution is -2.68. The first-order valence-corrected chi connectivity index (χ1v) is 11.4. The Labute approximate surface area is 197 Å². The van der Waals surface area contributed by atoms with Gasteiger partial charge in [0.25, 0.3) is 5.91 Å². The molecular weight excluding hydrogens is 463 g/mol. The summed E-state index contributed by atoms with van der Waals surface area (Å²) in [5.74, 6) is -1.67. The van der Waals surface area contributed by atoms with Gasteiger partial charge in [-0.05, 0) is 56.4 Å². The Kier molecular flexibility index (Phi) is 5.12. The van der Waals surface area contributed by atoms with Crippen LogP contribution in [0.4, 0.5) is 21.0 Å². The van der Waals surface area contributed by atoms with Crippen LogP contribution in [0.3, 0.4) is 0 Å². The van der Waals surface area contributed by atoms with Gasteiger partial charge in [0.05, 0.1) is 0 Å². The number of nitrogens with two attached hydrogens (primary N) is 2. The fourth-order valence-corrected chi connectivity index (χ4v) is 5.38. The normalized spacial score (nSPS) is 21.2. The van der Waals surface area contributed by atoms with Crippen molar-refractivity contribution in [3.05, 3.63) is 52.5 Å². The van der Waals surface area contributed by atoms with Gasteiger partial charge in [-0.2, -0.15) is 0 Å². The maximum atomic E-state index is 13.4. The van der Waals surface area contributed by atoms with Crippen LogP contribution in [-0.2, 0) is 4.79 Å². The number of halogens is 1. The zero-order chi connectivity index (χ0) is 24.2. The Bertz CT molecular complexity index is 1290. The number of amides is 2. The number of nitrogens with one attached hydrogen (secondary N) is 1. The molecule has 0 spiro atoms. The van der Waals surface area contributed by atoms with Gasteiger partial charge in [0.1, 0.15) is 22.6 Å². The van der Waals surface area contributed by atoms with E-state index in [0.29, 0.717) is 11.6 Å². The SMILES string of the molecule is C[C@H](C(N)=O)N(c1ccc(F)cc1)c1nc(N)c(C(=O)c2cc(C(=O)NC34CC(C3)C4)no2)s1. The fraction of sp³-hybridized carbons (Fsp3) is 0.318. The fourth-order valence-electron chi connectivity index (χ4n) is 4.35. The molecule has 0 radical (unpaired) electrons. The number of ketones is 1. The van der Waals surface area contributed by atoms with Gasteiger partial charge in [-0.15, -0.1) is 0 Å². The molecule has 0 saturated heterocycles. The highest BCUT2D eigenvalue weighted by Crippen LogP contribution is 2.57. The van der Waals surface area contributed by atoms with Crippen LogP contribution >= 0.6 is 11.3 Å². The second-order valence-corrected chi connectivity index (χ2v) is 9.73.